The first-order valence-corrected chi connectivity index (χ1v) is 8.03. The van der Waals surface area contributed by atoms with Crippen molar-refractivity contribution in [2.75, 3.05) is 6.61 Å². The molecule has 0 fully saturated rings. The summed E-state index contributed by atoms with van der Waals surface area (Å²) in [5.74, 6) is -0.747. The third-order valence-corrected chi connectivity index (χ3v) is 3.74. The van der Waals surface area contributed by atoms with Gasteiger partial charge in [0.05, 0.1) is 15.5 Å². The van der Waals surface area contributed by atoms with Gasteiger partial charge in [-0.2, -0.15) is 0 Å². The topological polar surface area (TPSA) is 111 Å². The van der Waals surface area contributed by atoms with E-state index in [9.17, 15) is 19.7 Å². The summed E-state index contributed by atoms with van der Waals surface area (Å²) >= 11 is 5.85. The Morgan fingerprint density at radius 2 is 1.85 bits per heavy atom. The number of non-ortho nitro benzene ring substituents is 1. The maximum Gasteiger partial charge on any atom is 0.276 e. The quantitative estimate of drug-likeness (QED) is 0.594. The Morgan fingerprint density at radius 3 is 2.42 bits per heavy atom. The normalized spacial score (nSPS) is 10.1. The number of carbonyl (C=O) groups excluding carboxylic acids is 2. The number of halogens is 1. The molecule has 2 N–H and O–H groups in total. The molecule has 2 amide bonds. The van der Waals surface area contributed by atoms with E-state index in [4.69, 9.17) is 16.3 Å². The van der Waals surface area contributed by atoms with Crippen LogP contribution in [0.4, 0.5) is 5.69 Å². The van der Waals surface area contributed by atoms with Gasteiger partial charge in [0.1, 0.15) is 5.75 Å². The highest BCUT2D eigenvalue weighted by Crippen LogP contribution is 2.22. The molecule has 2 aromatic rings. The zero-order valence-electron chi connectivity index (χ0n) is 13.8. The number of rotatable bonds is 6. The van der Waals surface area contributed by atoms with Crippen molar-refractivity contribution in [3.63, 3.8) is 0 Å². The van der Waals surface area contributed by atoms with Crippen molar-refractivity contribution in [3.8, 4) is 5.75 Å². The monoisotopic (exact) mass is 377 g/mol. The number of benzene rings is 2. The Bertz CT molecular complexity index is 824. The number of amides is 2. The number of nitro benzene ring substituents is 1. The average molecular weight is 378 g/mol. The third-order valence-electron chi connectivity index (χ3n) is 3.43. The Hall–Kier alpha value is -3.13. The molecule has 26 heavy (non-hydrogen) atoms. The molecule has 8 nitrogen and oxygen atoms in total. The molecular formula is C17H16ClN3O5. The minimum absolute atomic E-state index is 0.00589. The first kappa shape index (κ1) is 19.2. The molecule has 0 aromatic heterocycles. The number of carbonyl (C=O) groups is 2. The molecule has 0 saturated heterocycles. The van der Waals surface area contributed by atoms with Crippen molar-refractivity contribution in [3.05, 3.63) is 68.7 Å². The number of hydrogen-bond donors (Lipinski definition) is 2. The maximum absolute atomic E-state index is 12.0. The molecule has 0 aliphatic heterocycles. The average Bonchev–Trinajstić information content (AvgIpc) is 2.64. The lowest BCUT2D eigenvalue weighted by Crippen LogP contribution is -2.43. The van der Waals surface area contributed by atoms with Gasteiger partial charge >= 0.3 is 0 Å². The molecule has 0 heterocycles. The Kier molecular flexibility index (Phi) is 6.51. The van der Waals surface area contributed by atoms with Crippen molar-refractivity contribution in [2.45, 2.75) is 13.3 Å². The van der Waals surface area contributed by atoms with Gasteiger partial charge in [-0.3, -0.25) is 30.6 Å². The predicted molar refractivity (Wildman–Crippen MR) is 95.0 cm³/mol. The van der Waals surface area contributed by atoms with Crippen LogP contribution in [0.3, 0.4) is 0 Å². The minimum Gasteiger partial charge on any atom is -0.484 e. The molecule has 0 spiro atoms. The maximum atomic E-state index is 12.0. The van der Waals surface area contributed by atoms with E-state index in [1.54, 1.807) is 12.1 Å². The van der Waals surface area contributed by atoms with Gasteiger partial charge in [-0.25, -0.2) is 0 Å². The summed E-state index contributed by atoms with van der Waals surface area (Å²) in [6.45, 7) is 1.74. The van der Waals surface area contributed by atoms with E-state index in [1.165, 1.54) is 6.07 Å². The van der Waals surface area contributed by atoms with Crippen molar-refractivity contribution >= 4 is 29.1 Å². The van der Waals surface area contributed by atoms with E-state index >= 15 is 0 Å². The fraction of sp³-hybridized carbons (Fsp3) is 0.176. The Labute approximate surface area is 154 Å². The number of ether oxygens (including phenoxy) is 1. The summed E-state index contributed by atoms with van der Waals surface area (Å²) in [7, 11) is 0. The molecule has 0 radical (unpaired) electrons. The zero-order valence-corrected chi connectivity index (χ0v) is 14.6. The predicted octanol–water partition coefficient (Wildman–Crippen LogP) is 2.65. The van der Waals surface area contributed by atoms with Crippen LogP contribution in [0.15, 0.2) is 42.5 Å². The summed E-state index contributed by atoms with van der Waals surface area (Å²) in [6, 6.07) is 10.7. The van der Waals surface area contributed by atoms with Crippen molar-refractivity contribution in [1.29, 1.82) is 0 Å². The van der Waals surface area contributed by atoms with Gasteiger partial charge < -0.3 is 4.74 Å². The molecule has 0 atom stereocenters. The minimum atomic E-state index is -0.703. The van der Waals surface area contributed by atoms with Gasteiger partial charge in [0.2, 0.25) is 0 Å². The number of nitrogens with one attached hydrogen (secondary N) is 2. The van der Waals surface area contributed by atoms with Crippen LogP contribution in [0, 0.1) is 10.1 Å². The first-order valence-electron chi connectivity index (χ1n) is 7.65. The van der Waals surface area contributed by atoms with Gasteiger partial charge in [0.25, 0.3) is 17.5 Å². The first-order chi connectivity index (χ1) is 12.4. The molecule has 2 aromatic carbocycles. The van der Waals surface area contributed by atoms with E-state index in [-0.39, 0.29) is 22.9 Å². The molecule has 9 heteroatoms. The van der Waals surface area contributed by atoms with Crippen LogP contribution in [0.1, 0.15) is 22.8 Å². The Balaban J connectivity index is 1.84. The van der Waals surface area contributed by atoms with E-state index in [0.29, 0.717) is 5.75 Å². The molecule has 136 valence electrons. The van der Waals surface area contributed by atoms with E-state index in [0.717, 1.165) is 24.1 Å². The zero-order chi connectivity index (χ0) is 19.1. The molecule has 0 unspecified atom stereocenters. The third kappa shape index (κ3) is 5.18. The standard InChI is InChI=1S/C17H16ClN3O5/c1-2-11-3-6-13(7-4-11)26-10-16(22)19-20-17(23)14-8-5-12(21(24)25)9-15(14)18/h3-9H,2,10H2,1H3,(H,19,22)(H,20,23). The fourth-order valence-electron chi connectivity index (χ4n) is 2.00. The molecule has 0 bridgehead atoms. The van der Waals surface area contributed by atoms with Crippen LogP contribution in [-0.4, -0.2) is 23.3 Å². The largest absolute Gasteiger partial charge is 0.484 e. The van der Waals surface area contributed by atoms with Gasteiger partial charge in [-0.1, -0.05) is 30.7 Å². The van der Waals surface area contributed by atoms with Gasteiger partial charge in [0, 0.05) is 12.1 Å². The number of hydrazine groups is 1. The van der Waals surface area contributed by atoms with Crippen LogP contribution in [0.25, 0.3) is 0 Å². The lowest BCUT2D eigenvalue weighted by Gasteiger charge is -2.10. The molecule has 0 aliphatic carbocycles. The lowest BCUT2D eigenvalue weighted by molar-refractivity contribution is -0.384. The number of nitrogens with zero attached hydrogens (tertiary/aromatic N) is 1. The lowest BCUT2D eigenvalue weighted by atomic mass is 10.2. The fourth-order valence-corrected chi connectivity index (χ4v) is 2.26. The van der Waals surface area contributed by atoms with E-state index in [1.807, 2.05) is 19.1 Å². The highest BCUT2D eigenvalue weighted by Gasteiger charge is 2.15. The second kappa shape index (κ2) is 8.82. The van der Waals surface area contributed by atoms with Gasteiger partial charge in [-0.05, 0) is 30.2 Å². The van der Waals surface area contributed by atoms with Crippen LogP contribution in [-0.2, 0) is 11.2 Å². The van der Waals surface area contributed by atoms with Gasteiger partial charge in [0.15, 0.2) is 6.61 Å². The molecule has 0 aliphatic rings. The smallest absolute Gasteiger partial charge is 0.276 e. The van der Waals surface area contributed by atoms with Crippen molar-refractivity contribution in [1.82, 2.24) is 10.9 Å². The van der Waals surface area contributed by atoms with Crippen LogP contribution < -0.4 is 15.6 Å². The summed E-state index contributed by atoms with van der Waals surface area (Å²) in [5.41, 5.74) is 5.26. The van der Waals surface area contributed by atoms with Crippen LogP contribution in [0.2, 0.25) is 5.02 Å². The van der Waals surface area contributed by atoms with Crippen LogP contribution in [0.5, 0.6) is 5.75 Å². The highest BCUT2D eigenvalue weighted by molar-refractivity contribution is 6.34. The van der Waals surface area contributed by atoms with Gasteiger partial charge in [-0.15, -0.1) is 0 Å². The highest BCUT2D eigenvalue weighted by atomic mass is 35.5. The van der Waals surface area contributed by atoms with E-state index < -0.39 is 16.7 Å². The Morgan fingerprint density at radius 1 is 1.15 bits per heavy atom. The van der Waals surface area contributed by atoms with Crippen molar-refractivity contribution < 1.29 is 19.2 Å². The molecular weight excluding hydrogens is 362 g/mol. The van der Waals surface area contributed by atoms with E-state index in [2.05, 4.69) is 10.9 Å². The SMILES string of the molecule is CCc1ccc(OCC(=O)NNC(=O)c2ccc([N+](=O)[O-])cc2Cl)cc1. The molecule has 0 saturated carbocycles. The number of nitro groups is 1. The second-order valence-electron chi connectivity index (χ2n) is 5.21. The molecule has 2 rings (SSSR count). The number of aryl methyl sites for hydroxylation is 1. The summed E-state index contributed by atoms with van der Waals surface area (Å²) in [5, 5.41) is 10.6. The van der Waals surface area contributed by atoms with Crippen molar-refractivity contribution in [2.24, 2.45) is 0 Å². The summed E-state index contributed by atoms with van der Waals surface area (Å²) < 4.78 is 5.31. The second-order valence-corrected chi connectivity index (χ2v) is 5.62. The number of hydrogen-bond acceptors (Lipinski definition) is 5. The summed E-state index contributed by atoms with van der Waals surface area (Å²) in [6.07, 6.45) is 0.901. The van der Waals surface area contributed by atoms with Crippen LogP contribution >= 0.6 is 11.6 Å². The summed E-state index contributed by atoms with van der Waals surface area (Å²) in [4.78, 5) is 33.7.